The van der Waals surface area contributed by atoms with Gasteiger partial charge in [0.2, 0.25) is 11.8 Å². The van der Waals surface area contributed by atoms with E-state index in [4.69, 9.17) is 11.6 Å². The molecule has 1 aromatic carbocycles. The maximum atomic E-state index is 12.2. The molecule has 0 unspecified atom stereocenters. The predicted molar refractivity (Wildman–Crippen MR) is 83.1 cm³/mol. The molecule has 21 heavy (non-hydrogen) atoms. The van der Waals surface area contributed by atoms with Crippen molar-refractivity contribution < 1.29 is 9.59 Å². The molecule has 0 radical (unpaired) electrons. The fourth-order valence-electron chi connectivity index (χ4n) is 2.60. The third kappa shape index (κ3) is 4.46. The zero-order chi connectivity index (χ0) is 15.2. The average molecular weight is 309 g/mol. The lowest BCUT2D eigenvalue weighted by atomic mass is 9.95. The zero-order valence-electron chi connectivity index (χ0n) is 12.3. The molecule has 0 spiro atoms. The van der Waals surface area contributed by atoms with E-state index in [1.54, 1.807) is 12.1 Å². The van der Waals surface area contributed by atoms with E-state index in [0.29, 0.717) is 31.1 Å². The first-order valence-corrected chi connectivity index (χ1v) is 7.78. The first-order chi connectivity index (χ1) is 10.1. The maximum absolute atomic E-state index is 12.2. The van der Waals surface area contributed by atoms with Gasteiger partial charge in [-0.25, -0.2) is 0 Å². The van der Waals surface area contributed by atoms with Crippen LogP contribution in [0.1, 0.15) is 25.3 Å². The summed E-state index contributed by atoms with van der Waals surface area (Å²) in [5.74, 6) is 0.276. The predicted octanol–water partition coefficient (Wildman–Crippen LogP) is 2.26. The minimum atomic E-state index is 0.0459. The smallest absolute Gasteiger partial charge is 0.226 e. The molecule has 1 heterocycles. The van der Waals surface area contributed by atoms with Crippen LogP contribution in [0.2, 0.25) is 5.02 Å². The number of benzene rings is 1. The Kier molecular flexibility index (Phi) is 5.62. The number of carbonyl (C=O) groups is 2. The molecule has 1 saturated heterocycles. The van der Waals surface area contributed by atoms with Crippen molar-refractivity contribution in [2.45, 2.75) is 26.2 Å². The van der Waals surface area contributed by atoms with Gasteiger partial charge in [-0.2, -0.15) is 0 Å². The van der Waals surface area contributed by atoms with Crippen LogP contribution in [-0.2, 0) is 16.0 Å². The van der Waals surface area contributed by atoms with E-state index < -0.39 is 0 Å². The summed E-state index contributed by atoms with van der Waals surface area (Å²) in [6.07, 6.45) is 1.89. The summed E-state index contributed by atoms with van der Waals surface area (Å²) in [5.41, 5.74) is 0.968. The number of piperidine rings is 1. The van der Waals surface area contributed by atoms with E-state index >= 15 is 0 Å². The molecule has 5 heteroatoms. The summed E-state index contributed by atoms with van der Waals surface area (Å²) in [6.45, 7) is 3.90. The first kappa shape index (κ1) is 15.8. The van der Waals surface area contributed by atoms with Gasteiger partial charge >= 0.3 is 0 Å². The number of nitrogens with one attached hydrogen (secondary N) is 1. The highest BCUT2D eigenvalue weighted by atomic mass is 35.5. The van der Waals surface area contributed by atoms with Gasteiger partial charge in [-0.05, 0) is 37.5 Å². The minimum Gasteiger partial charge on any atom is -0.356 e. The van der Waals surface area contributed by atoms with Crippen molar-refractivity contribution >= 4 is 23.4 Å². The van der Waals surface area contributed by atoms with Crippen molar-refractivity contribution in [1.82, 2.24) is 10.2 Å². The lowest BCUT2D eigenvalue weighted by Gasteiger charge is -2.31. The van der Waals surface area contributed by atoms with Crippen LogP contribution < -0.4 is 5.32 Å². The lowest BCUT2D eigenvalue weighted by Crippen LogP contribution is -2.43. The summed E-state index contributed by atoms with van der Waals surface area (Å²) in [4.78, 5) is 25.9. The number of rotatable bonds is 4. The maximum Gasteiger partial charge on any atom is 0.226 e. The summed E-state index contributed by atoms with van der Waals surface area (Å²) in [6, 6.07) is 7.35. The SMILES string of the molecule is CCNC(=O)C1CCN(C(=O)Cc2ccc(Cl)cc2)CC1. The van der Waals surface area contributed by atoms with Crippen molar-refractivity contribution in [3.05, 3.63) is 34.9 Å². The second-order valence-electron chi connectivity index (χ2n) is 5.35. The standard InChI is InChI=1S/C16H21ClN2O2/c1-2-18-16(21)13-7-9-19(10-8-13)15(20)11-12-3-5-14(17)6-4-12/h3-6,13H,2,7-11H2,1H3,(H,18,21). The molecule has 0 atom stereocenters. The Morgan fingerprint density at radius 3 is 2.43 bits per heavy atom. The quantitative estimate of drug-likeness (QED) is 0.927. The Bertz CT molecular complexity index is 494. The molecule has 0 bridgehead atoms. The average Bonchev–Trinajstić information content (AvgIpc) is 2.50. The van der Waals surface area contributed by atoms with Gasteiger partial charge < -0.3 is 10.2 Å². The summed E-state index contributed by atoms with van der Waals surface area (Å²) >= 11 is 5.84. The van der Waals surface area contributed by atoms with Gasteiger partial charge in [0.15, 0.2) is 0 Å². The molecular formula is C16H21ClN2O2. The summed E-state index contributed by atoms with van der Waals surface area (Å²) < 4.78 is 0. The second-order valence-corrected chi connectivity index (χ2v) is 5.79. The second kappa shape index (κ2) is 7.46. The number of halogens is 1. The Morgan fingerprint density at radius 2 is 1.86 bits per heavy atom. The van der Waals surface area contributed by atoms with Gasteiger partial charge in [0.1, 0.15) is 0 Å². The Hall–Kier alpha value is -1.55. The molecule has 2 amide bonds. The van der Waals surface area contributed by atoms with Crippen LogP contribution in [0.25, 0.3) is 0 Å². The molecule has 0 aliphatic carbocycles. The van der Waals surface area contributed by atoms with Crippen molar-refractivity contribution in [2.75, 3.05) is 19.6 Å². The van der Waals surface area contributed by atoms with E-state index in [2.05, 4.69) is 5.32 Å². The van der Waals surface area contributed by atoms with Gasteiger partial charge in [0.05, 0.1) is 6.42 Å². The van der Waals surface area contributed by atoms with E-state index in [-0.39, 0.29) is 17.7 Å². The number of hydrogen-bond acceptors (Lipinski definition) is 2. The largest absolute Gasteiger partial charge is 0.356 e. The topological polar surface area (TPSA) is 49.4 Å². The van der Waals surface area contributed by atoms with Crippen LogP contribution in [0.15, 0.2) is 24.3 Å². The fourth-order valence-corrected chi connectivity index (χ4v) is 2.72. The molecule has 114 valence electrons. The van der Waals surface area contributed by atoms with Crippen LogP contribution in [-0.4, -0.2) is 36.3 Å². The van der Waals surface area contributed by atoms with Crippen molar-refractivity contribution in [3.63, 3.8) is 0 Å². The third-order valence-corrected chi connectivity index (χ3v) is 4.09. The molecule has 1 aliphatic rings. The Labute approximate surface area is 130 Å². The van der Waals surface area contributed by atoms with Gasteiger partial charge in [-0.1, -0.05) is 23.7 Å². The number of likely N-dealkylation sites (tertiary alicyclic amines) is 1. The van der Waals surface area contributed by atoms with Crippen LogP contribution in [0.4, 0.5) is 0 Å². The van der Waals surface area contributed by atoms with Crippen molar-refractivity contribution in [1.29, 1.82) is 0 Å². The molecule has 1 aliphatic heterocycles. The number of amides is 2. The highest BCUT2D eigenvalue weighted by molar-refractivity contribution is 6.30. The van der Waals surface area contributed by atoms with Gasteiger partial charge in [0, 0.05) is 30.6 Å². The lowest BCUT2D eigenvalue weighted by molar-refractivity contribution is -0.135. The van der Waals surface area contributed by atoms with Gasteiger partial charge in [-0.3, -0.25) is 9.59 Å². The fraction of sp³-hybridized carbons (Fsp3) is 0.500. The summed E-state index contributed by atoms with van der Waals surface area (Å²) in [5, 5.41) is 3.52. The molecule has 1 fully saturated rings. The van der Waals surface area contributed by atoms with Crippen LogP contribution in [0.5, 0.6) is 0 Å². The minimum absolute atomic E-state index is 0.0459. The number of carbonyl (C=O) groups excluding carboxylic acids is 2. The van der Waals surface area contributed by atoms with E-state index in [1.807, 2.05) is 24.0 Å². The molecule has 1 aromatic rings. The number of hydrogen-bond donors (Lipinski definition) is 1. The van der Waals surface area contributed by atoms with Crippen molar-refractivity contribution in [2.24, 2.45) is 5.92 Å². The first-order valence-electron chi connectivity index (χ1n) is 7.40. The highest BCUT2D eigenvalue weighted by Crippen LogP contribution is 2.18. The number of nitrogens with zero attached hydrogens (tertiary/aromatic N) is 1. The van der Waals surface area contributed by atoms with E-state index in [9.17, 15) is 9.59 Å². The van der Waals surface area contributed by atoms with Gasteiger partial charge in [0.25, 0.3) is 0 Å². The molecule has 4 nitrogen and oxygen atoms in total. The third-order valence-electron chi connectivity index (χ3n) is 3.84. The Balaban J connectivity index is 1.83. The molecule has 1 N–H and O–H groups in total. The molecule has 0 saturated carbocycles. The monoisotopic (exact) mass is 308 g/mol. The zero-order valence-corrected chi connectivity index (χ0v) is 13.0. The molecule has 2 rings (SSSR count). The van der Waals surface area contributed by atoms with Gasteiger partial charge in [-0.15, -0.1) is 0 Å². The Morgan fingerprint density at radius 1 is 1.24 bits per heavy atom. The molecular weight excluding hydrogens is 288 g/mol. The van der Waals surface area contributed by atoms with Crippen LogP contribution in [0.3, 0.4) is 0 Å². The summed E-state index contributed by atoms with van der Waals surface area (Å²) in [7, 11) is 0. The highest BCUT2D eigenvalue weighted by Gasteiger charge is 2.26. The van der Waals surface area contributed by atoms with Crippen LogP contribution in [0, 0.1) is 5.92 Å². The molecule has 0 aromatic heterocycles. The van der Waals surface area contributed by atoms with Crippen molar-refractivity contribution in [3.8, 4) is 0 Å². The normalized spacial score (nSPS) is 15.8. The van der Waals surface area contributed by atoms with E-state index in [0.717, 1.165) is 18.4 Å². The van der Waals surface area contributed by atoms with E-state index in [1.165, 1.54) is 0 Å². The van der Waals surface area contributed by atoms with Crippen LogP contribution >= 0.6 is 11.6 Å².